The fourth-order valence-corrected chi connectivity index (χ4v) is 2.25. The number of aryl methyl sites for hydroxylation is 1. The summed E-state index contributed by atoms with van der Waals surface area (Å²) in [5.74, 6) is -0.394. The van der Waals surface area contributed by atoms with Gasteiger partial charge in [0.2, 0.25) is 5.91 Å². The molecule has 0 saturated carbocycles. The molecule has 1 amide bonds. The molecule has 1 aromatic carbocycles. The molecular weight excluding hydrogens is 219 g/mol. The van der Waals surface area contributed by atoms with Crippen LogP contribution >= 0.6 is 0 Å². The molecule has 1 N–H and O–H groups in total. The van der Waals surface area contributed by atoms with Crippen LogP contribution in [-0.2, 0) is 4.79 Å². The molecule has 0 unspecified atom stereocenters. The zero-order chi connectivity index (χ0) is 12.8. The average Bonchev–Trinajstić information content (AvgIpc) is 2.23. The number of rotatable bonds is 1. The van der Waals surface area contributed by atoms with Gasteiger partial charge < -0.3 is 10.2 Å². The molecule has 0 bridgehead atoms. The smallest absolute Gasteiger partial charge is 0.249 e. The quantitative estimate of drug-likeness (QED) is 0.813. The van der Waals surface area contributed by atoms with Crippen LogP contribution in [0.1, 0.15) is 26.3 Å². The molecule has 1 aromatic rings. The van der Waals surface area contributed by atoms with Gasteiger partial charge in [-0.1, -0.05) is 0 Å². The number of hydrogen-bond donors (Lipinski definition) is 1. The van der Waals surface area contributed by atoms with Crippen molar-refractivity contribution in [2.75, 3.05) is 16.8 Å². The molecule has 0 radical (unpaired) electrons. The molecule has 17 heavy (non-hydrogen) atoms. The summed E-state index contributed by atoms with van der Waals surface area (Å²) in [7, 11) is 0. The molecule has 0 aliphatic carbocycles. The van der Waals surface area contributed by atoms with Gasteiger partial charge in [-0.25, -0.2) is 4.39 Å². The SMILES string of the molecule is CCN1c2cc(C)c(F)cc2NC(=O)C1(C)C. The lowest BCUT2D eigenvalue weighted by Gasteiger charge is -2.43. The Morgan fingerprint density at radius 1 is 1.41 bits per heavy atom. The monoisotopic (exact) mass is 236 g/mol. The van der Waals surface area contributed by atoms with E-state index in [9.17, 15) is 9.18 Å². The van der Waals surface area contributed by atoms with E-state index in [2.05, 4.69) is 5.32 Å². The van der Waals surface area contributed by atoms with Crippen molar-refractivity contribution in [3.8, 4) is 0 Å². The van der Waals surface area contributed by atoms with Gasteiger partial charge in [0.15, 0.2) is 0 Å². The van der Waals surface area contributed by atoms with Gasteiger partial charge in [0.1, 0.15) is 11.4 Å². The van der Waals surface area contributed by atoms with Crippen LogP contribution in [0, 0.1) is 12.7 Å². The fraction of sp³-hybridized carbons (Fsp3) is 0.462. The van der Waals surface area contributed by atoms with E-state index < -0.39 is 5.54 Å². The minimum atomic E-state index is -0.605. The van der Waals surface area contributed by atoms with Crippen molar-refractivity contribution < 1.29 is 9.18 Å². The lowest BCUT2D eigenvalue weighted by Crippen LogP contribution is -2.56. The van der Waals surface area contributed by atoms with Crippen LogP contribution in [-0.4, -0.2) is 18.0 Å². The summed E-state index contributed by atoms with van der Waals surface area (Å²) in [6, 6.07) is 3.18. The van der Waals surface area contributed by atoms with E-state index in [1.54, 1.807) is 13.0 Å². The van der Waals surface area contributed by atoms with E-state index in [0.29, 0.717) is 17.8 Å². The second-order valence-corrected chi connectivity index (χ2v) is 4.88. The number of likely N-dealkylation sites (N-methyl/N-ethyl adjacent to an activating group) is 1. The predicted molar refractivity (Wildman–Crippen MR) is 66.9 cm³/mol. The van der Waals surface area contributed by atoms with Crippen molar-refractivity contribution >= 4 is 17.3 Å². The third-order valence-electron chi connectivity index (χ3n) is 3.36. The molecule has 1 heterocycles. The van der Waals surface area contributed by atoms with Crippen molar-refractivity contribution in [3.05, 3.63) is 23.5 Å². The van der Waals surface area contributed by atoms with Crippen LogP contribution in [0.5, 0.6) is 0 Å². The highest BCUT2D eigenvalue weighted by atomic mass is 19.1. The van der Waals surface area contributed by atoms with Crippen LogP contribution in [0.3, 0.4) is 0 Å². The molecule has 0 fully saturated rings. The molecule has 0 atom stereocenters. The number of benzene rings is 1. The summed E-state index contributed by atoms with van der Waals surface area (Å²) in [5, 5.41) is 2.76. The minimum absolute atomic E-state index is 0.102. The van der Waals surface area contributed by atoms with Crippen LogP contribution < -0.4 is 10.2 Å². The Labute approximate surface area is 101 Å². The third-order valence-corrected chi connectivity index (χ3v) is 3.36. The normalized spacial score (nSPS) is 17.7. The molecule has 2 rings (SSSR count). The first-order chi connectivity index (χ1) is 7.87. The third kappa shape index (κ3) is 1.68. The number of hydrogen-bond acceptors (Lipinski definition) is 2. The van der Waals surface area contributed by atoms with Crippen molar-refractivity contribution in [1.29, 1.82) is 0 Å². The van der Waals surface area contributed by atoms with Crippen molar-refractivity contribution in [2.24, 2.45) is 0 Å². The van der Waals surface area contributed by atoms with E-state index in [1.807, 2.05) is 25.7 Å². The Bertz CT molecular complexity index is 483. The fourth-order valence-electron chi connectivity index (χ4n) is 2.25. The number of carbonyl (C=O) groups is 1. The number of halogens is 1. The van der Waals surface area contributed by atoms with Gasteiger partial charge in [-0.2, -0.15) is 0 Å². The zero-order valence-corrected chi connectivity index (χ0v) is 10.6. The zero-order valence-electron chi connectivity index (χ0n) is 10.6. The summed E-state index contributed by atoms with van der Waals surface area (Å²) in [4.78, 5) is 14.0. The van der Waals surface area contributed by atoms with Crippen LogP contribution in [0.2, 0.25) is 0 Å². The Balaban J connectivity index is 2.62. The second kappa shape index (κ2) is 3.72. The van der Waals surface area contributed by atoms with E-state index in [0.717, 1.165) is 5.69 Å². The van der Waals surface area contributed by atoms with Gasteiger partial charge >= 0.3 is 0 Å². The molecule has 0 saturated heterocycles. The first-order valence-corrected chi connectivity index (χ1v) is 5.77. The second-order valence-electron chi connectivity index (χ2n) is 4.88. The van der Waals surface area contributed by atoms with Gasteiger partial charge in [-0.15, -0.1) is 0 Å². The molecule has 92 valence electrons. The molecule has 3 nitrogen and oxygen atoms in total. The van der Waals surface area contributed by atoms with Gasteiger partial charge in [0.25, 0.3) is 0 Å². The summed E-state index contributed by atoms with van der Waals surface area (Å²) in [6.07, 6.45) is 0. The van der Waals surface area contributed by atoms with Crippen molar-refractivity contribution in [1.82, 2.24) is 0 Å². The summed E-state index contributed by atoms with van der Waals surface area (Å²) < 4.78 is 13.5. The number of carbonyl (C=O) groups excluding carboxylic acids is 1. The van der Waals surface area contributed by atoms with E-state index in [1.165, 1.54) is 6.07 Å². The number of nitrogens with one attached hydrogen (secondary N) is 1. The maximum absolute atomic E-state index is 13.5. The Morgan fingerprint density at radius 2 is 2.06 bits per heavy atom. The summed E-state index contributed by atoms with van der Waals surface area (Å²) in [5.41, 5.74) is 1.43. The van der Waals surface area contributed by atoms with Gasteiger partial charge in [-0.3, -0.25) is 4.79 Å². The highest BCUT2D eigenvalue weighted by Crippen LogP contribution is 2.37. The van der Waals surface area contributed by atoms with Gasteiger partial charge in [0.05, 0.1) is 11.4 Å². The minimum Gasteiger partial charge on any atom is -0.356 e. The predicted octanol–water partition coefficient (Wildman–Crippen LogP) is 2.69. The maximum atomic E-state index is 13.5. The largest absolute Gasteiger partial charge is 0.356 e. The number of nitrogens with zero attached hydrogens (tertiary/aromatic N) is 1. The molecule has 4 heteroatoms. The summed E-state index contributed by atoms with van der Waals surface area (Å²) >= 11 is 0. The molecule has 0 aromatic heterocycles. The topological polar surface area (TPSA) is 32.3 Å². The molecule has 1 aliphatic rings. The van der Waals surface area contributed by atoms with E-state index >= 15 is 0 Å². The first kappa shape index (κ1) is 11.9. The van der Waals surface area contributed by atoms with Crippen molar-refractivity contribution in [3.63, 3.8) is 0 Å². The molecule has 1 aliphatic heterocycles. The molecule has 0 spiro atoms. The Morgan fingerprint density at radius 3 is 2.65 bits per heavy atom. The summed E-state index contributed by atoms with van der Waals surface area (Å²) in [6.45, 7) is 8.16. The first-order valence-electron chi connectivity index (χ1n) is 5.77. The van der Waals surface area contributed by atoms with Crippen LogP contribution in [0.15, 0.2) is 12.1 Å². The maximum Gasteiger partial charge on any atom is 0.249 e. The van der Waals surface area contributed by atoms with Gasteiger partial charge in [0, 0.05) is 6.54 Å². The van der Waals surface area contributed by atoms with E-state index in [4.69, 9.17) is 0 Å². The number of amides is 1. The van der Waals surface area contributed by atoms with Gasteiger partial charge in [-0.05, 0) is 45.4 Å². The Kier molecular flexibility index (Phi) is 2.60. The highest BCUT2D eigenvalue weighted by Gasteiger charge is 2.39. The Hall–Kier alpha value is -1.58. The lowest BCUT2D eigenvalue weighted by atomic mass is 9.95. The van der Waals surface area contributed by atoms with Crippen LogP contribution in [0.25, 0.3) is 0 Å². The lowest BCUT2D eigenvalue weighted by molar-refractivity contribution is -0.120. The highest BCUT2D eigenvalue weighted by molar-refractivity contribution is 6.06. The number of fused-ring (bicyclic) bond motifs is 1. The molecular formula is C13H17FN2O. The average molecular weight is 236 g/mol. The van der Waals surface area contributed by atoms with E-state index in [-0.39, 0.29) is 11.7 Å². The van der Waals surface area contributed by atoms with Crippen LogP contribution in [0.4, 0.5) is 15.8 Å². The standard InChI is InChI=1S/C13H17FN2O/c1-5-16-11-6-8(2)9(14)7-10(11)15-12(17)13(16,3)4/h6-7H,5H2,1-4H3,(H,15,17). The van der Waals surface area contributed by atoms with Crippen molar-refractivity contribution in [2.45, 2.75) is 33.2 Å². The number of anilines is 2.